The van der Waals surface area contributed by atoms with Crippen LogP contribution in [0.2, 0.25) is 0 Å². The van der Waals surface area contributed by atoms with Crippen LogP contribution in [0.25, 0.3) is 0 Å². The van der Waals surface area contributed by atoms with Gasteiger partial charge in [0.05, 0.1) is 6.10 Å². The van der Waals surface area contributed by atoms with Gasteiger partial charge in [0.15, 0.2) is 0 Å². The van der Waals surface area contributed by atoms with Crippen LogP contribution in [-0.4, -0.2) is 11.2 Å². The van der Waals surface area contributed by atoms with Crippen LogP contribution in [0.3, 0.4) is 0 Å². The Balaban J connectivity index is 3.51. The van der Waals surface area contributed by atoms with Crippen molar-refractivity contribution in [1.82, 2.24) is 0 Å². The van der Waals surface area contributed by atoms with Gasteiger partial charge in [-0.1, -0.05) is 46.5 Å². The molecule has 0 aromatic heterocycles. The minimum atomic E-state index is -0.0631. The van der Waals surface area contributed by atoms with Crippen LogP contribution in [0.5, 0.6) is 0 Å². The molecule has 0 amide bonds. The third kappa shape index (κ3) is 5.59. The van der Waals surface area contributed by atoms with E-state index in [1.165, 1.54) is 25.7 Å². The molecule has 0 saturated heterocycles. The second-order valence-corrected chi connectivity index (χ2v) is 3.71. The summed E-state index contributed by atoms with van der Waals surface area (Å²) in [5.74, 6) is 0.750. The molecule has 0 aromatic carbocycles. The molecule has 0 spiro atoms. The largest absolute Gasteiger partial charge is 0.393 e. The Morgan fingerprint density at radius 2 is 1.75 bits per heavy atom. The van der Waals surface area contributed by atoms with E-state index in [0.717, 1.165) is 18.8 Å². The fraction of sp³-hybridized carbons (Fsp3) is 1.00. The first-order valence-electron chi connectivity index (χ1n) is 5.42. The molecule has 0 rings (SSSR count). The molecule has 0 saturated carbocycles. The van der Waals surface area contributed by atoms with Gasteiger partial charge in [-0.2, -0.15) is 0 Å². The average Bonchev–Trinajstić information content (AvgIpc) is 2.11. The van der Waals surface area contributed by atoms with Gasteiger partial charge in [0.1, 0.15) is 0 Å². The first-order valence-corrected chi connectivity index (χ1v) is 5.42. The standard InChI is InChI=1S/C11H24O/c1-4-7-8-10(5-2)9-11(12)6-3/h10-12H,4-9H2,1-3H3/t10-,11-/m0/s1. The lowest BCUT2D eigenvalue weighted by molar-refractivity contribution is 0.133. The zero-order valence-electron chi connectivity index (χ0n) is 8.84. The predicted molar refractivity (Wildman–Crippen MR) is 54.2 cm³/mol. The van der Waals surface area contributed by atoms with Crippen molar-refractivity contribution in [3.8, 4) is 0 Å². The lowest BCUT2D eigenvalue weighted by Crippen LogP contribution is -2.12. The van der Waals surface area contributed by atoms with E-state index in [1.54, 1.807) is 0 Å². The smallest absolute Gasteiger partial charge is 0.0540 e. The van der Waals surface area contributed by atoms with E-state index in [-0.39, 0.29) is 6.10 Å². The molecule has 0 unspecified atom stereocenters. The molecule has 0 aromatic rings. The number of rotatable bonds is 7. The third-order valence-electron chi connectivity index (χ3n) is 2.62. The van der Waals surface area contributed by atoms with E-state index in [9.17, 15) is 5.11 Å². The van der Waals surface area contributed by atoms with E-state index >= 15 is 0 Å². The summed E-state index contributed by atoms with van der Waals surface area (Å²) < 4.78 is 0. The van der Waals surface area contributed by atoms with Crippen molar-refractivity contribution >= 4 is 0 Å². The number of aliphatic hydroxyl groups is 1. The summed E-state index contributed by atoms with van der Waals surface area (Å²) in [6, 6.07) is 0. The molecule has 0 fully saturated rings. The lowest BCUT2D eigenvalue weighted by Gasteiger charge is -2.17. The molecule has 1 heteroatoms. The number of unbranched alkanes of at least 4 members (excludes halogenated alkanes) is 1. The summed E-state index contributed by atoms with van der Waals surface area (Å²) in [4.78, 5) is 0. The van der Waals surface area contributed by atoms with E-state index in [4.69, 9.17) is 0 Å². The van der Waals surface area contributed by atoms with E-state index in [0.29, 0.717) is 0 Å². The maximum absolute atomic E-state index is 9.46. The Labute approximate surface area is 77.2 Å². The molecule has 1 N–H and O–H groups in total. The quantitative estimate of drug-likeness (QED) is 0.624. The molecular weight excluding hydrogens is 148 g/mol. The molecule has 2 atom stereocenters. The van der Waals surface area contributed by atoms with Gasteiger partial charge in [-0.3, -0.25) is 0 Å². The van der Waals surface area contributed by atoms with Crippen molar-refractivity contribution in [2.75, 3.05) is 0 Å². The van der Waals surface area contributed by atoms with Crippen LogP contribution < -0.4 is 0 Å². The summed E-state index contributed by atoms with van der Waals surface area (Å²) in [5.41, 5.74) is 0. The van der Waals surface area contributed by atoms with E-state index in [1.807, 2.05) is 0 Å². The van der Waals surface area contributed by atoms with Crippen molar-refractivity contribution < 1.29 is 5.11 Å². The fourth-order valence-corrected chi connectivity index (χ4v) is 1.53. The average molecular weight is 172 g/mol. The lowest BCUT2D eigenvalue weighted by atomic mass is 9.92. The maximum atomic E-state index is 9.46. The van der Waals surface area contributed by atoms with Crippen LogP contribution in [0, 0.1) is 5.92 Å². The SMILES string of the molecule is CCCC[C@H](CC)C[C@@H](O)CC. The van der Waals surface area contributed by atoms with Crippen molar-refractivity contribution in [3.05, 3.63) is 0 Å². The van der Waals surface area contributed by atoms with Crippen molar-refractivity contribution in [1.29, 1.82) is 0 Å². The Kier molecular flexibility index (Phi) is 7.58. The molecular formula is C11H24O. The van der Waals surface area contributed by atoms with Crippen LogP contribution in [0.15, 0.2) is 0 Å². The van der Waals surface area contributed by atoms with Gasteiger partial charge < -0.3 is 5.11 Å². The van der Waals surface area contributed by atoms with Gasteiger partial charge in [0.2, 0.25) is 0 Å². The highest BCUT2D eigenvalue weighted by Crippen LogP contribution is 2.19. The first-order chi connectivity index (χ1) is 5.74. The highest BCUT2D eigenvalue weighted by molar-refractivity contribution is 4.62. The molecule has 0 radical (unpaired) electrons. The second-order valence-electron chi connectivity index (χ2n) is 3.71. The maximum Gasteiger partial charge on any atom is 0.0540 e. The molecule has 0 aliphatic heterocycles. The Hall–Kier alpha value is -0.0400. The first kappa shape index (κ1) is 12.0. The monoisotopic (exact) mass is 172 g/mol. The predicted octanol–water partition coefficient (Wildman–Crippen LogP) is 3.36. The van der Waals surface area contributed by atoms with Crippen molar-refractivity contribution in [2.24, 2.45) is 5.92 Å². The molecule has 12 heavy (non-hydrogen) atoms. The molecule has 0 bridgehead atoms. The fourth-order valence-electron chi connectivity index (χ4n) is 1.53. The summed E-state index contributed by atoms with van der Waals surface area (Å²) in [6.45, 7) is 6.50. The number of hydrogen-bond donors (Lipinski definition) is 1. The summed E-state index contributed by atoms with van der Waals surface area (Å²) >= 11 is 0. The van der Waals surface area contributed by atoms with E-state index < -0.39 is 0 Å². The minimum Gasteiger partial charge on any atom is -0.393 e. The van der Waals surface area contributed by atoms with Crippen molar-refractivity contribution in [2.45, 2.75) is 65.4 Å². The normalized spacial score (nSPS) is 16.0. The molecule has 0 aliphatic rings. The summed E-state index contributed by atoms with van der Waals surface area (Å²) in [5, 5.41) is 9.46. The van der Waals surface area contributed by atoms with Gasteiger partial charge in [0.25, 0.3) is 0 Å². The highest BCUT2D eigenvalue weighted by atomic mass is 16.3. The summed E-state index contributed by atoms with van der Waals surface area (Å²) in [7, 11) is 0. The number of aliphatic hydroxyl groups excluding tert-OH is 1. The third-order valence-corrected chi connectivity index (χ3v) is 2.62. The Bertz CT molecular complexity index is 91.0. The van der Waals surface area contributed by atoms with Gasteiger partial charge in [-0.15, -0.1) is 0 Å². The highest BCUT2D eigenvalue weighted by Gasteiger charge is 2.10. The second kappa shape index (κ2) is 7.60. The molecule has 0 aliphatic carbocycles. The Morgan fingerprint density at radius 3 is 2.17 bits per heavy atom. The van der Waals surface area contributed by atoms with Gasteiger partial charge >= 0.3 is 0 Å². The Morgan fingerprint density at radius 1 is 1.08 bits per heavy atom. The van der Waals surface area contributed by atoms with E-state index in [2.05, 4.69) is 20.8 Å². The van der Waals surface area contributed by atoms with Gasteiger partial charge in [-0.05, 0) is 18.8 Å². The molecule has 74 valence electrons. The van der Waals surface area contributed by atoms with Gasteiger partial charge in [-0.25, -0.2) is 0 Å². The molecule has 1 nitrogen and oxygen atoms in total. The van der Waals surface area contributed by atoms with Crippen LogP contribution in [0.4, 0.5) is 0 Å². The van der Waals surface area contributed by atoms with Gasteiger partial charge in [0, 0.05) is 0 Å². The topological polar surface area (TPSA) is 20.2 Å². The zero-order valence-corrected chi connectivity index (χ0v) is 8.84. The van der Waals surface area contributed by atoms with Crippen LogP contribution in [-0.2, 0) is 0 Å². The number of hydrogen-bond acceptors (Lipinski definition) is 1. The minimum absolute atomic E-state index is 0.0631. The van der Waals surface area contributed by atoms with Crippen LogP contribution >= 0.6 is 0 Å². The molecule has 0 heterocycles. The van der Waals surface area contributed by atoms with Crippen molar-refractivity contribution in [3.63, 3.8) is 0 Å². The van der Waals surface area contributed by atoms with Crippen LogP contribution in [0.1, 0.15) is 59.3 Å². The summed E-state index contributed by atoms with van der Waals surface area (Å²) in [6.07, 6.45) is 6.96. The zero-order chi connectivity index (χ0) is 9.40.